The molecule has 1 amide bonds. The van der Waals surface area contributed by atoms with Gasteiger partial charge in [0.15, 0.2) is 5.01 Å². The van der Waals surface area contributed by atoms with E-state index in [2.05, 4.69) is 20.6 Å². The van der Waals surface area contributed by atoms with Gasteiger partial charge in [0.2, 0.25) is 0 Å². The number of nitrogens with zero attached hydrogens (tertiary/aromatic N) is 2. The summed E-state index contributed by atoms with van der Waals surface area (Å²) in [5.41, 5.74) is -4.60. The van der Waals surface area contributed by atoms with Gasteiger partial charge in [-0.2, -0.15) is 26.3 Å². The van der Waals surface area contributed by atoms with Gasteiger partial charge in [-0.15, -0.1) is 11.3 Å². The van der Waals surface area contributed by atoms with Gasteiger partial charge in [0.25, 0.3) is 5.91 Å². The number of nitrogens with one attached hydrogen (secondary N) is 2. The van der Waals surface area contributed by atoms with E-state index in [9.17, 15) is 36.2 Å². The highest BCUT2D eigenvalue weighted by molar-refractivity contribution is 7.17. The van der Waals surface area contributed by atoms with Crippen LogP contribution in [0.4, 0.5) is 32.2 Å². The summed E-state index contributed by atoms with van der Waals surface area (Å²) in [6.45, 7) is 2.29. The van der Waals surface area contributed by atoms with Crippen molar-refractivity contribution in [3.63, 3.8) is 0 Å². The lowest BCUT2D eigenvalue weighted by molar-refractivity contribution is -0.244. The maximum Gasteiger partial charge on any atom is 0.417 e. The molecule has 3 N–H and O–H groups in total. The van der Waals surface area contributed by atoms with Gasteiger partial charge in [0.1, 0.15) is 5.82 Å². The largest absolute Gasteiger partial charge is 0.417 e. The zero-order chi connectivity index (χ0) is 24.7. The number of thiazole rings is 1. The molecule has 0 unspecified atom stereocenters. The molecule has 33 heavy (non-hydrogen) atoms. The van der Waals surface area contributed by atoms with Crippen molar-refractivity contribution in [2.75, 3.05) is 18.4 Å². The van der Waals surface area contributed by atoms with Gasteiger partial charge in [-0.1, -0.05) is 6.42 Å². The van der Waals surface area contributed by atoms with E-state index in [4.69, 9.17) is 0 Å². The Hall–Kier alpha value is -2.41. The van der Waals surface area contributed by atoms with Crippen molar-refractivity contribution in [1.29, 1.82) is 0 Å². The van der Waals surface area contributed by atoms with Crippen LogP contribution in [0.15, 0.2) is 18.5 Å². The Labute approximate surface area is 189 Å². The molecule has 1 aliphatic rings. The number of rotatable bonds is 7. The summed E-state index contributed by atoms with van der Waals surface area (Å²) in [4.78, 5) is 19.9. The van der Waals surface area contributed by atoms with E-state index in [-0.39, 0.29) is 40.7 Å². The van der Waals surface area contributed by atoms with Crippen LogP contribution in [-0.4, -0.2) is 45.8 Å². The van der Waals surface area contributed by atoms with Crippen molar-refractivity contribution < 1.29 is 36.2 Å². The third kappa shape index (κ3) is 5.75. The first kappa shape index (κ1) is 25.2. The molecule has 1 aliphatic carbocycles. The molecule has 0 saturated heterocycles. The van der Waals surface area contributed by atoms with E-state index >= 15 is 0 Å². The quantitative estimate of drug-likeness (QED) is 0.477. The van der Waals surface area contributed by atoms with E-state index in [0.717, 1.165) is 12.4 Å². The van der Waals surface area contributed by atoms with Crippen LogP contribution >= 0.6 is 11.3 Å². The van der Waals surface area contributed by atoms with Crippen molar-refractivity contribution in [2.45, 2.75) is 51.1 Å². The number of hydrogen-bond acceptors (Lipinski definition) is 6. The fraction of sp³-hybridized carbons (Fsp3) is 0.550. The normalized spacial score (nSPS) is 16.3. The predicted molar refractivity (Wildman–Crippen MR) is 110 cm³/mol. The van der Waals surface area contributed by atoms with Gasteiger partial charge >= 0.3 is 12.4 Å². The molecule has 6 nitrogen and oxygen atoms in total. The molecule has 13 heteroatoms. The number of alkyl halides is 6. The lowest BCUT2D eigenvalue weighted by Gasteiger charge is -2.43. The van der Waals surface area contributed by atoms with Crippen LogP contribution in [0, 0.1) is 5.41 Å². The number of carbonyl (C=O) groups excluding carboxylic acids is 1. The second kappa shape index (κ2) is 8.75. The Morgan fingerprint density at radius 2 is 1.82 bits per heavy atom. The topological polar surface area (TPSA) is 87.1 Å². The van der Waals surface area contributed by atoms with E-state index in [1.54, 1.807) is 0 Å². The molecule has 0 aliphatic heterocycles. The summed E-state index contributed by atoms with van der Waals surface area (Å²) in [5.74, 6) is -0.986. The third-order valence-electron chi connectivity index (χ3n) is 5.38. The van der Waals surface area contributed by atoms with Crippen molar-refractivity contribution in [3.05, 3.63) is 29.0 Å². The fourth-order valence-corrected chi connectivity index (χ4v) is 4.14. The molecule has 0 spiro atoms. The van der Waals surface area contributed by atoms with Crippen molar-refractivity contribution in [2.24, 2.45) is 5.41 Å². The van der Waals surface area contributed by atoms with Gasteiger partial charge in [0.05, 0.1) is 21.5 Å². The van der Waals surface area contributed by atoms with E-state index < -0.39 is 41.4 Å². The Morgan fingerprint density at radius 1 is 1.15 bits per heavy atom. The molecule has 0 atom stereocenters. The first-order valence-electron chi connectivity index (χ1n) is 9.96. The summed E-state index contributed by atoms with van der Waals surface area (Å²) >= 11 is 0.701. The van der Waals surface area contributed by atoms with Crippen LogP contribution in [0.1, 0.15) is 48.5 Å². The first-order valence-corrected chi connectivity index (χ1v) is 10.8. The lowest BCUT2D eigenvalue weighted by Crippen LogP contribution is -2.48. The standard InChI is InChI=1S/C20H22F6N4O2S/c1-17(2,32)9-30-15(31)16-28-8-13(33-16)11-7-27-14(6-12(11)19(21,22)23)29-10-18(4-3-5-18)20(24,25)26/h6-8,32H,3-5,9-10H2,1-2H3,(H,27,29)(H,30,31). The maximum absolute atomic E-state index is 13.7. The number of halogens is 6. The molecular formula is C20H22F6N4O2S. The average Bonchev–Trinajstić information content (AvgIpc) is 3.12. The summed E-state index contributed by atoms with van der Waals surface area (Å²) < 4.78 is 81.1. The molecule has 2 aromatic rings. The Balaban J connectivity index is 1.82. The predicted octanol–water partition coefficient (Wildman–Crippen LogP) is 4.87. The van der Waals surface area contributed by atoms with E-state index in [1.807, 2.05) is 0 Å². The van der Waals surface area contributed by atoms with Crippen molar-refractivity contribution >= 4 is 23.1 Å². The minimum absolute atomic E-state index is 0.0144. The highest BCUT2D eigenvalue weighted by Gasteiger charge is 2.58. The minimum Gasteiger partial charge on any atom is -0.389 e. The molecule has 0 bridgehead atoms. The number of aromatic nitrogens is 2. The highest BCUT2D eigenvalue weighted by Crippen LogP contribution is 2.53. The molecular weight excluding hydrogens is 474 g/mol. The SMILES string of the molecule is CC(C)(O)CNC(=O)c1ncc(-c2cnc(NCC3(C(F)(F)F)CCC3)cc2C(F)(F)F)s1. The van der Waals surface area contributed by atoms with Gasteiger partial charge < -0.3 is 15.7 Å². The van der Waals surface area contributed by atoms with Gasteiger partial charge in [-0.25, -0.2) is 9.97 Å². The fourth-order valence-electron chi connectivity index (χ4n) is 3.28. The number of pyridine rings is 1. The molecule has 0 aromatic carbocycles. The summed E-state index contributed by atoms with van der Waals surface area (Å²) in [7, 11) is 0. The van der Waals surface area contributed by atoms with Crippen LogP contribution in [0.5, 0.6) is 0 Å². The molecule has 182 valence electrons. The first-order chi connectivity index (χ1) is 15.1. The smallest absolute Gasteiger partial charge is 0.389 e. The number of carbonyl (C=O) groups is 1. The molecule has 1 saturated carbocycles. The zero-order valence-corrected chi connectivity index (χ0v) is 18.5. The number of aliphatic hydroxyl groups is 1. The maximum atomic E-state index is 13.7. The highest BCUT2D eigenvalue weighted by atomic mass is 32.1. The zero-order valence-electron chi connectivity index (χ0n) is 17.7. The average molecular weight is 496 g/mol. The number of hydrogen-bond donors (Lipinski definition) is 3. The minimum atomic E-state index is -4.82. The monoisotopic (exact) mass is 496 g/mol. The Bertz CT molecular complexity index is 1010. The third-order valence-corrected chi connectivity index (χ3v) is 6.41. The Kier molecular flexibility index (Phi) is 6.68. The second-order valence-electron chi connectivity index (χ2n) is 8.62. The van der Waals surface area contributed by atoms with Gasteiger partial charge in [-0.05, 0) is 32.8 Å². The van der Waals surface area contributed by atoms with Crippen LogP contribution < -0.4 is 10.6 Å². The second-order valence-corrected chi connectivity index (χ2v) is 9.65. The van der Waals surface area contributed by atoms with Crippen LogP contribution in [-0.2, 0) is 6.18 Å². The molecule has 2 aromatic heterocycles. The molecule has 2 heterocycles. The molecule has 0 radical (unpaired) electrons. The van der Waals surface area contributed by atoms with Crippen molar-refractivity contribution in [3.8, 4) is 10.4 Å². The molecule has 1 fully saturated rings. The number of amides is 1. The summed E-state index contributed by atoms with van der Waals surface area (Å²) in [6, 6.07) is 0.659. The van der Waals surface area contributed by atoms with Crippen LogP contribution in [0.25, 0.3) is 10.4 Å². The molecule has 3 rings (SSSR count). The van der Waals surface area contributed by atoms with Crippen LogP contribution in [0.2, 0.25) is 0 Å². The van der Waals surface area contributed by atoms with Crippen LogP contribution in [0.3, 0.4) is 0 Å². The van der Waals surface area contributed by atoms with E-state index in [1.165, 1.54) is 13.8 Å². The number of anilines is 1. The lowest BCUT2D eigenvalue weighted by atomic mass is 9.68. The van der Waals surface area contributed by atoms with Gasteiger partial charge in [0, 0.05) is 31.0 Å². The van der Waals surface area contributed by atoms with Gasteiger partial charge in [-0.3, -0.25) is 4.79 Å². The van der Waals surface area contributed by atoms with Crippen molar-refractivity contribution in [1.82, 2.24) is 15.3 Å². The Morgan fingerprint density at radius 3 is 2.33 bits per heavy atom. The summed E-state index contributed by atoms with van der Waals surface area (Å²) in [5, 5.41) is 14.4. The summed E-state index contributed by atoms with van der Waals surface area (Å²) in [6.07, 6.45) is -7.07. The van der Waals surface area contributed by atoms with E-state index in [0.29, 0.717) is 23.8 Å².